The Labute approximate surface area is 552 Å². The van der Waals surface area contributed by atoms with Crippen LogP contribution in [0.3, 0.4) is 0 Å². The lowest BCUT2D eigenvalue weighted by Gasteiger charge is -2.36. The molecular weight excluding hydrogens is 1330 g/mol. The summed E-state index contributed by atoms with van der Waals surface area (Å²) in [7, 11) is 9.36. The van der Waals surface area contributed by atoms with Crippen molar-refractivity contribution in [2.75, 3.05) is 42.7 Å². The van der Waals surface area contributed by atoms with Crippen molar-refractivity contribution in [2.24, 2.45) is 0 Å². The number of carbonyl (C=O) groups is 2. The zero-order valence-corrected chi connectivity index (χ0v) is 54.8. The molecule has 464 valence electrons. The van der Waals surface area contributed by atoms with Gasteiger partial charge in [-0.2, -0.15) is 0 Å². The first-order valence-corrected chi connectivity index (χ1v) is 30.8. The molecule has 0 aliphatic rings. The van der Waals surface area contributed by atoms with Gasteiger partial charge in [-0.1, -0.05) is 189 Å². The summed E-state index contributed by atoms with van der Waals surface area (Å²) in [6, 6.07) is 77.7. The van der Waals surface area contributed by atoms with Gasteiger partial charge in [0.25, 0.3) is 0 Å². The Bertz CT molecular complexity index is 3770. The average molecular weight is 1400 g/mol. The molecule has 0 aliphatic heterocycles. The third-order valence-corrected chi connectivity index (χ3v) is 16.7. The molecule has 0 aromatic heterocycles. The number of phenolic OH excluding ortho intramolecular Hbond substituents is 1. The van der Waals surface area contributed by atoms with Gasteiger partial charge in [-0.3, -0.25) is 0 Å². The van der Waals surface area contributed by atoms with E-state index in [-0.39, 0.29) is 25.8 Å². The second-order valence-electron chi connectivity index (χ2n) is 19.9. The SMILES string of the molecule is C.COC(=O)c1ccc(Br)c(CBr)c1.COC(=O)c1ccc(Br)c(COc2cccc(COC(c3ccccc3)(c3ccc(OC)cc3)c3ccc(OC)cc3)c2)c1.COc1ccc(C(OCc2cccc(O)c2)(c2ccccc2)c2ccc(OC)cc2)cc1. The number of esters is 2. The monoisotopic (exact) mass is 1400 g/mol. The van der Waals surface area contributed by atoms with Gasteiger partial charge in [-0.15, -0.1) is 0 Å². The maximum atomic E-state index is 12.0. The molecule has 10 rings (SSSR count). The maximum Gasteiger partial charge on any atom is 0.337 e. The minimum atomic E-state index is -0.935. The molecule has 15 heteroatoms. The number of hydrogen-bond acceptors (Lipinski definition) is 12. The lowest BCUT2D eigenvalue weighted by molar-refractivity contribution is 0.0000437. The number of halogens is 3. The van der Waals surface area contributed by atoms with Crippen molar-refractivity contribution in [1.29, 1.82) is 0 Å². The highest BCUT2D eigenvalue weighted by atomic mass is 79.9. The van der Waals surface area contributed by atoms with Gasteiger partial charge in [0.15, 0.2) is 0 Å². The molecule has 1 N–H and O–H groups in total. The molecule has 0 fully saturated rings. The quantitative estimate of drug-likeness (QED) is 0.0393. The smallest absolute Gasteiger partial charge is 0.337 e. The van der Waals surface area contributed by atoms with Crippen LogP contribution in [0.4, 0.5) is 0 Å². The summed E-state index contributed by atoms with van der Waals surface area (Å²) < 4.78 is 52.9. The predicted octanol–water partition coefficient (Wildman–Crippen LogP) is 18.0. The van der Waals surface area contributed by atoms with Crippen molar-refractivity contribution in [3.8, 4) is 34.5 Å². The van der Waals surface area contributed by atoms with Crippen molar-refractivity contribution < 1.29 is 57.3 Å². The molecule has 90 heavy (non-hydrogen) atoms. The molecular formula is C75H71Br3O12. The van der Waals surface area contributed by atoms with Crippen LogP contribution in [0.5, 0.6) is 34.5 Å². The Hall–Kier alpha value is -8.70. The second kappa shape index (κ2) is 33.8. The fourth-order valence-corrected chi connectivity index (χ4v) is 11.5. The number of alkyl halides is 1. The largest absolute Gasteiger partial charge is 0.508 e. The van der Waals surface area contributed by atoms with Gasteiger partial charge in [0.05, 0.1) is 67.0 Å². The minimum Gasteiger partial charge on any atom is -0.508 e. The lowest BCUT2D eigenvalue weighted by atomic mass is 9.80. The summed E-state index contributed by atoms with van der Waals surface area (Å²) in [6.45, 7) is 0.869. The summed E-state index contributed by atoms with van der Waals surface area (Å²) in [5, 5.41) is 10.6. The van der Waals surface area contributed by atoms with E-state index in [1.165, 1.54) is 14.2 Å². The number of ether oxygens (including phenoxy) is 9. The molecule has 0 atom stereocenters. The summed E-state index contributed by atoms with van der Waals surface area (Å²) in [6.07, 6.45) is 0. The van der Waals surface area contributed by atoms with Gasteiger partial charge < -0.3 is 47.7 Å². The fraction of sp³-hybridized carbons (Fsp3) is 0.173. The Balaban J connectivity index is 0.000000218. The number of benzene rings is 10. The van der Waals surface area contributed by atoms with E-state index in [0.29, 0.717) is 35.4 Å². The first kappa shape index (κ1) is 68.8. The second-order valence-corrected chi connectivity index (χ2v) is 22.2. The Kier molecular flexibility index (Phi) is 25.8. The first-order valence-electron chi connectivity index (χ1n) is 28.1. The maximum absolute atomic E-state index is 12.0. The zero-order chi connectivity index (χ0) is 63.2. The van der Waals surface area contributed by atoms with Crippen molar-refractivity contribution >= 4 is 59.7 Å². The van der Waals surface area contributed by atoms with Crippen molar-refractivity contribution in [3.63, 3.8) is 0 Å². The highest BCUT2D eigenvalue weighted by molar-refractivity contribution is 9.11. The van der Waals surface area contributed by atoms with Gasteiger partial charge in [0, 0.05) is 19.8 Å². The molecule has 0 amide bonds. The molecule has 0 unspecified atom stereocenters. The molecule has 0 aliphatic carbocycles. The number of hydrogen-bond donors (Lipinski definition) is 1. The summed E-state index contributed by atoms with van der Waals surface area (Å²) >= 11 is 10.3. The summed E-state index contributed by atoms with van der Waals surface area (Å²) in [5.41, 5.74) is 8.72. The number of methoxy groups -OCH3 is 6. The van der Waals surface area contributed by atoms with Crippen molar-refractivity contribution in [3.05, 3.63) is 318 Å². The number of aromatic hydroxyl groups is 1. The molecule has 10 aromatic carbocycles. The highest BCUT2D eigenvalue weighted by Gasteiger charge is 2.39. The number of carbonyl (C=O) groups excluding carboxylic acids is 2. The topological polar surface area (TPSA) is 137 Å². The van der Waals surface area contributed by atoms with Crippen LogP contribution in [0.1, 0.15) is 83.8 Å². The highest BCUT2D eigenvalue weighted by Crippen LogP contribution is 2.44. The average Bonchev–Trinajstić information content (AvgIpc) is 0.845. The Morgan fingerprint density at radius 2 is 0.733 bits per heavy atom. The molecule has 0 heterocycles. The molecule has 0 bridgehead atoms. The molecule has 12 nitrogen and oxygen atoms in total. The molecule has 0 saturated carbocycles. The van der Waals surface area contributed by atoms with Gasteiger partial charge in [0.1, 0.15) is 52.3 Å². The van der Waals surface area contributed by atoms with Crippen LogP contribution in [0, 0.1) is 0 Å². The van der Waals surface area contributed by atoms with E-state index in [1.807, 2.05) is 182 Å². The van der Waals surface area contributed by atoms with E-state index in [2.05, 4.69) is 76.8 Å². The number of phenols is 1. The molecule has 0 saturated heterocycles. The first-order chi connectivity index (χ1) is 43.3. The molecule has 0 spiro atoms. The van der Waals surface area contributed by atoms with Crippen LogP contribution >= 0.6 is 47.8 Å². The molecule has 0 radical (unpaired) electrons. The lowest BCUT2D eigenvalue weighted by Crippen LogP contribution is -2.32. The van der Waals surface area contributed by atoms with Gasteiger partial charge in [-0.05, 0) is 159 Å². The fourth-order valence-electron chi connectivity index (χ4n) is 9.92. The standard InChI is InChI=1S/C37H33BrO6.C28H26O4.C9H8Br2O2.CH4/c1-40-32-17-13-30(14-18-32)37(29-9-5-4-6-10-29,31-15-19-33(41-2)20-16-31)44-24-26-8-7-11-34(22-26)43-25-28-23-27(36(39)42-3)12-21-35(28)38;1-30-26-15-11-23(12-16-26)28(22-8-4-3-5-9-22,24-13-17-27(31-2)18-14-24)32-20-21-7-6-10-25(29)19-21;1-13-9(12)6-2-3-8(11)7(4-6)5-10;/h4-23H,24-25H2,1-3H3;3-19,29H,20H2,1-2H3;2-4H,5H2,1H3;1H4. The Morgan fingerprint density at radius 3 is 1.10 bits per heavy atom. The van der Waals surface area contributed by atoms with Crippen molar-refractivity contribution in [2.45, 2.75) is 43.8 Å². The van der Waals surface area contributed by atoms with E-state index in [9.17, 15) is 14.7 Å². The van der Waals surface area contributed by atoms with E-state index >= 15 is 0 Å². The summed E-state index contributed by atoms with van der Waals surface area (Å²) in [4.78, 5) is 23.2. The van der Waals surface area contributed by atoms with Crippen LogP contribution in [0.15, 0.2) is 252 Å². The van der Waals surface area contributed by atoms with E-state index < -0.39 is 17.2 Å². The van der Waals surface area contributed by atoms with E-state index in [1.54, 1.807) is 64.8 Å². The Morgan fingerprint density at radius 1 is 0.378 bits per heavy atom. The van der Waals surface area contributed by atoms with Crippen LogP contribution in [-0.4, -0.2) is 59.7 Å². The third kappa shape index (κ3) is 17.2. The van der Waals surface area contributed by atoms with Crippen molar-refractivity contribution in [1.82, 2.24) is 0 Å². The van der Waals surface area contributed by atoms with Gasteiger partial charge >= 0.3 is 11.9 Å². The van der Waals surface area contributed by atoms with E-state index in [0.717, 1.165) is 87.6 Å². The predicted molar refractivity (Wildman–Crippen MR) is 363 cm³/mol. The minimum absolute atomic E-state index is 0. The van der Waals surface area contributed by atoms with Gasteiger partial charge in [-0.25, -0.2) is 9.59 Å². The van der Waals surface area contributed by atoms with Crippen LogP contribution < -0.4 is 23.7 Å². The molecule has 10 aromatic rings. The van der Waals surface area contributed by atoms with Crippen LogP contribution in [0.2, 0.25) is 0 Å². The normalized spacial score (nSPS) is 10.8. The van der Waals surface area contributed by atoms with Crippen LogP contribution in [-0.2, 0) is 55.3 Å². The zero-order valence-electron chi connectivity index (χ0n) is 50.0. The van der Waals surface area contributed by atoms with E-state index in [4.69, 9.17) is 37.9 Å². The summed E-state index contributed by atoms with van der Waals surface area (Å²) in [5.74, 6) is 3.27. The van der Waals surface area contributed by atoms with Gasteiger partial charge in [0.2, 0.25) is 0 Å². The third-order valence-electron chi connectivity index (χ3n) is 14.5. The number of rotatable bonds is 22. The van der Waals surface area contributed by atoms with Crippen LogP contribution in [0.25, 0.3) is 0 Å².